The highest BCUT2D eigenvalue weighted by atomic mass is 19.2. The standard InChI is InChI=1S/C26H26F2N4O2/c1-14(2)31-22-11-8-17(25-15(3)30-34-16(25)4)12-21(22)29-26(31)23-6-5-7-24(33)32(23)18-9-10-19(27)20(28)13-18/h8-14,23H,5-7H2,1-4H3. The normalized spacial score (nSPS) is 16.7. The second-order valence-electron chi connectivity index (χ2n) is 9.11. The van der Waals surface area contributed by atoms with Crippen molar-refractivity contribution in [1.82, 2.24) is 14.7 Å². The number of anilines is 1. The maximum Gasteiger partial charge on any atom is 0.227 e. The van der Waals surface area contributed by atoms with Gasteiger partial charge in [-0.05, 0) is 70.4 Å². The van der Waals surface area contributed by atoms with Crippen LogP contribution in [0.4, 0.5) is 14.5 Å². The molecule has 2 aromatic carbocycles. The molecule has 0 bridgehead atoms. The SMILES string of the molecule is Cc1noc(C)c1-c1ccc2c(c1)nc(C1CCCC(=O)N1c1ccc(F)c(F)c1)n2C(C)C. The maximum absolute atomic E-state index is 14.1. The second kappa shape index (κ2) is 8.34. The molecule has 0 spiro atoms. The molecule has 5 rings (SSSR count). The number of carbonyl (C=O) groups excluding carboxylic acids is 1. The Morgan fingerprint density at radius 1 is 1.09 bits per heavy atom. The number of amides is 1. The molecular formula is C26H26F2N4O2. The van der Waals surface area contributed by atoms with Gasteiger partial charge < -0.3 is 14.0 Å². The summed E-state index contributed by atoms with van der Waals surface area (Å²) in [5.74, 6) is -0.565. The number of fused-ring (bicyclic) bond motifs is 1. The summed E-state index contributed by atoms with van der Waals surface area (Å²) in [7, 11) is 0. The molecule has 4 aromatic rings. The number of piperidine rings is 1. The van der Waals surface area contributed by atoms with E-state index in [1.165, 1.54) is 6.07 Å². The van der Waals surface area contributed by atoms with Crippen LogP contribution >= 0.6 is 0 Å². The van der Waals surface area contributed by atoms with E-state index in [2.05, 4.69) is 23.6 Å². The molecule has 0 N–H and O–H groups in total. The van der Waals surface area contributed by atoms with Crippen LogP contribution in [-0.2, 0) is 4.79 Å². The van der Waals surface area contributed by atoms with Crippen LogP contribution in [0.1, 0.15) is 62.5 Å². The number of halogens is 2. The van der Waals surface area contributed by atoms with Crippen molar-refractivity contribution in [2.45, 2.75) is 59.0 Å². The van der Waals surface area contributed by atoms with E-state index in [1.54, 1.807) is 4.90 Å². The van der Waals surface area contributed by atoms with Crippen molar-refractivity contribution in [1.29, 1.82) is 0 Å². The van der Waals surface area contributed by atoms with Crippen LogP contribution in [0, 0.1) is 25.5 Å². The fourth-order valence-corrected chi connectivity index (χ4v) is 5.02. The Bertz CT molecular complexity index is 1390. The number of hydrogen-bond donors (Lipinski definition) is 0. The van der Waals surface area contributed by atoms with Crippen molar-refractivity contribution in [3.05, 3.63) is 65.3 Å². The molecule has 176 valence electrons. The third-order valence-corrected chi connectivity index (χ3v) is 6.48. The summed E-state index contributed by atoms with van der Waals surface area (Å²) in [5, 5.41) is 4.06. The van der Waals surface area contributed by atoms with Crippen molar-refractivity contribution in [3.63, 3.8) is 0 Å². The highest BCUT2D eigenvalue weighted by Crippen LogP contribution is 2.39. The molecule has 1 unspecified atom stereocenters. The van der Waals surface area contributed by atoms with E-state index in [4.69, 9.17) is 9.51 Å². The average Bonchev–Trinajstić information content (AvgIpc) is 3.34. The Kier molecular flexibility index (Phi) is 5.46. The van der Waals surface area contributed by atoms with Gasteiger partial charge in [0.25, 0.3) is 0 Å². The Morgan fingerprint density at radius 3 is 2.56 bits per heavy atom. The van der Waals surface area contributed by atoms with E-state index in [0.717, 1.165) is 51.6 Å². The first-order valence-corrected chi connectivity index (χ1v) is 11.5. The minimum atomic E-state index is -0.976. The molecule has 1 saturated heterocycles. The minimum Gasteiger partial charge on any atom is -0.361 e. The van der Waals surface area contributed by atoms with Crippen molar-refractivity contribution in [3.8, 4) is 11.1 Å². The minimum absolute atomic E-state index is 0.0775. The smallest absolute Gasteiger partial charge is 0.227 e. The van der Waals surface area contributed by atoms with Gasteiger partial charge >= 0.3 is 0 Å². The van der Waals surface area contributed by atoms with Crippen molar-refractivity contribution in [2.24, 2.45) is 0 Å². The van der Waals surface area contributed by atoms with Gasteiger partial charge in [-0.2, -0.15) is 0 Å². The third kappa shape index (κ3) is 3.57. The van der Waals surface area contributed by atoms with E-state index in [0.29, 0.717) is 24.9 Å². The van der Waals surface area contributed by atoms with Gasteiger partial charge in [-0.1, -0.05) is 11.2 Å². The molecule has 6 nitrogen and oxygen atoms in total. The fraction of sp³-hybridized carbons (Fsp3) is 0.346. The summed E-state index contributed by atoms with van der Waals surface area (Å²) in [5.41, 5.74) is 4.79. The van der Waals surface area contributed by atoms with Gasteiger partial charge in [-0.3, -0.25) is 4.79 Å². The van der Waals surface area contributed by atoms with E-state index in [9.17, 15) is 13.6 Å². The number of carbonyl (C=O) groups is 1. The quantitative estimate of drug-likeness (QED) is 0.349. The van der Waals surface area contributed by atoms with E-state index >= 15 is 0 Å². The highest BCUT2D eigenvalue weighted by Gasteiger charge is 2.35. The first kappa shape index (κ1) is 22.3. The molecule has 1 aliphatic heterocycles. The van der Waals surface area contributed by atoms with Crippen molar-refractivity contribution < 1.29 is 18.1 Å². The maximum atomic E-state index is 14.1. The lowest BCUT2D eigenvalue weighted by Gasteiger charge is -2.36. The Labute approximate surface area is 196 Å². The first-order chi connectivity index (χ1) is 16.3. The number of aromatic nitrogens is 3. The van der Waals surface area contributed by atoms with Gasteiger partial charge in [0.2, 0.25) is 5.91 Å². The van der Waals surface area contributed by atoms with Gasteiger partial charge in [0.05, 0.1) is 22.8 Å². The molecule has 3 heterocycles. The zero-order valence-electron chi connectivity index (χ0n) is 19.6. The summed E-state index contributed by atoms with van der Waals surface area (Å²) in [4.78, 5) is 19.6. The Hall–Kier alpha value is -3.55. The van der Waals surface area contributed by atoms with Crippen LogP contribution < -0.4 is 4.90 Å². The van der Waals surface area contributed by atoms with Crippen LogP contribution in [0.15, 0.2) is 40.9 Å². The number of aryl methyl sites for hydroxylation is 2. The van der Waals surface area contributed by atoms with Gasteiger partial charge in [-0.15, -0.1) is 0 Å². The molecule has 2 aromatic heterocycles. The molecule has 34 heavy (non-hydrogen) atoms. The van der Waals surface area contributed by atoms with Crippen LogP contribution in [0.5, 0.6) is 0 Å². The number of benzene rings is 2. The molecule has 0 radical (unpaired) electrons. The van der Waals surface area contributed by atoms with Crippen LogP contribution in [0.2, 0.25) is 0 Å². The lowest BCUT2D eigenvalue weighted by atomic mass is 9.99. The monoisotopic (exact) mass is 464 g/mol. The van der Waals surface area contributed by atoms with E-state index in [1.807, 2.05) is 32.0 Å². The molecule has 0 aliphatic carbocycles. The summed E-state index contributed by atoms with van der Waals surface area (Å²) >= 11 is 0. The molecule has 1 amide bonds. The lowest BCUT2D eigenvalue weighted by molar-refractivity contribution is -0.120. The predicted molar refractivity (Wildman–Crippen MR) is 126 cm³/mol. The van der Waals surface area contributed by atoms with Crippen molar-refractivity contribution in [2.75, 3.05) is 4.90 Å². The zero-order valence-corrected chi connectivity index (χ0v) is 19.6. The average molecular weight is 465 g/mol. The molecular weight excluding hydrogens is 438 g/mol. The summed E-state index contributed by atoms with van der Waals surface area (Å²) in [6, 6.07) is 9.35. The topological polar surface area (TPSA) is 64.2 Å². The third-order valence-electron chi connectivity index (χ3n) is 6.48. The molecule has 1 aliphatic rings. The Morgan fingerprint density at radius 2 is 1.88 bits per heavy atom. The molecule has 0 saturated carbocycles. The van der Waals surface area contributed by atoms with E-state index < -0.39 is 11.6 Å². The van der Waals surface area contributed by atoms with Crippen molar-refractivity contribution >= 4 is 22.6 Å². The fourth-order valence-electron chi connectivity index (χ4n) is 5.02. The molecule has 8 heteroatoms. The predicted octanol–water partition coefficient (Wildman–Crippen LogP) is 6.43. The molecule has 1 fully saturated rings. The summed E-state index contributed by atoms with van der Waals surface area (Å²) in [6.07, 6.45) is 1.74. The summed E-state index contributed by atoms with van der Waals surface area (Å²) in [6.45, 7) is 7.92. The number of hydrogen-bond acceptors (Lipinski definition) is 4. The van der Waals surface area contributed by atoms with E-state index in [-0.39, 0.29) is 18.0 Å². The summed E-state index contributed by atoms with van der Waals surface area (Å²) < 4.78 is 35.1. The zero-order chi connectivity index (χ0) is 24.1. The highest BCUT2D eigenvalue weighted by molar-refractivity contribution is 5.95. The van der Waals surface area contributed by atoms with Gasteiger partial charge in [0.15, 0.2) is 11.6 Å². The Balaban J connectivity index is 1.67. The first-order valence-electron chi connectivity index (χ1n) is 11.5. The number of nitrogens with zero attached hydrogens (tertiary/aromatic N) is 4. The molecule has 1 atom stereocenters. The van der Waals surface area contributed by atoms with Gasteiger partial charge in [0.1, 0.15) is 11.6 Å². The number of rotatable bonds is 4. The van der Waals surface area contributed by atoms with Gasteiger partial charge in [0, 0.05) is 29.8 Å². The lowest BCUT2D eigenvalue weighted by Crippen LogP contribution is -2.39. The van der Waals surface area contributed by atoms with Crippen LogP contribution in [0.3, 0.4) is 0 Å². The largest absolute Gasteiger partial charge is 0.361 e. The second-order valence-corrected chi connectivity index (χ2v) is 9.11. The van der Waals surface area contributed by atoms with Gasteiger partial charge in [-0.25, -0.2) is 13.8 Å². The van der Waals surface area contributed by atoms with Crippen LogP contribution in [-0.4, -0.2) is 20.6 Å². The van der Waals surface area contributed by atoms with Crippen LogP contribution in [0.25, 0.3) is 22.2 Å². The number of imidazole rings is 1.